The first-order valence-corrected chi connectivity index (χ1v) is 9.82. The lowest BCUT2D eigenvalue weighted by Crippen LogP contribution is -2.49. The molecule has 2 aromatic carbocycles. The van der Waals surface area contributed by atoms with Crippen molar-refractivity contribution in [1.82, 2.24) is 5.32 Å². The Morgan fingerprint density at radius 2 is 1.81 bits per heavy atom. The van der Waals surface area contributed by atoms with Crippen LogP contribution in [0.5, 0.6) is 5.75 Å². The number of ether oxygens (including phenoxy) is 1. The van der Waals surface area contributed by atoms with Crippen LogP contribution >= 0.6 is 0 Å². The van der Waals surface area contributed by atoms with E-state index in [9.17, 15) is 36.6 Å². The lowest BCUT2D eigenvalue weighted by atomic mass is 10.0. The van der Waals surface area contributed by atoms with Crippen molar-refractivity contribution in [2.24, 2.45) is 0 Å². The summed E-state index contributed by atoms with van der Waals surface area (Å²) >= 11 is -3.26. The molecule has 2 aromatic rings. The van der Waals surface area contributed by atoms with Gasteiger partial charge in [0.2, 0.25) is 0 Å². The number of hydrogen-bond acceptors (Lipinski definition) is 5. The largest absolute Gasteiger partial charge is 0.604 e. The normalized spacial score (nSPS) is 14.1. The zero-order valence-corrected chi connectivity index (χ0v) is 17.1. The lowest BCUT2D eigenvalue weighted by molar-refractivity contribution is -0.0435. The number of halogens is 5. The Labute approximate surface area is 182 Å². The van der Waals surface area contributed by atoms with Crippen molar-refractivity contribution in [3.8, 4) is 17.9 Å². The number of carbonyl (C=O) groups is 1. The number of nitriles is 2. The molecule has 32 heavy (non-hydrogen) atoms. The van der Waals surface area contributed by atoms with E-state index in [1.54, 1.807) is 12.1 Å². The highest BCUT2D eigenvalue weighted by Gasteiger charge is 2.46. The summed E-state index contributed by atoms with van der Waals surface area (Å²) in [6.45, 7) is 0.675. The van der Waals surface area contributed by atoms with Gasteiger partial charge < -0.3 is 14.6 Å². The van der Waals surface area contributed by atoms with Gasteiger partial charge in [-0.15, -0.1) is 13.2 Å². The van der Waals surface area contributed by atoms with Crippen LogP contribution < -0.4 is 10.1 Å². The van der Waals surface area contributed by atoms with Gasteiger partial charge in [0.25, 0.3) is 12.3 Å². The molecule has 2 unspecified atom stereocenters. The Hall–Kier alpha value is -3.35. The average molecular weight is 471 g/mol. The maximum absolute atomic E-state index is 13.2. The highest BCUT2D eigenvalue weighted by molar-refractivity contribution is 7.92. The highest BCUT2D eigenvalue weighted by atomic mass is 32.2. The fourth-order valence-electron chi connectivity index (χ4n) is 2.41. The van der Waals surface area contributed by atoms with Crippen LogP contribution in [0.25, 0.3) is 0 Å². The molecule has 0 heterocycles. The summed E-state index contributed by atoms with van der Waals surface area (Å²) in [5.74, 6) is -1.20. The molecule has 0 aromatic heterocycles. The molecule has 2 atom stereocenters. The minimum Gasteiger partial charge on any atom is -0.604 e. The molecule has 0 spiro atoms. The van der Waals surface area contributed by atoms with E-state index in [2.05, 4.69) is 5.32 Å². The van der Waals surface area contributed by atoms with E-state index in [0.29, 0.717) is 0 Å². The zero-order valence-electron chi connectivity index (χ0n) is 16.2. The zero-order chi connectivity index (χ0) is 24.1. The van der Waals surface area contributed by atoms with Crippen LogP contribution in [-0.4, -0.2) is 28.1 Å². The minimum absolute atomic E-state index is 0.0448. The molecular weight excluding hydrogens is 457 g/mol. The number of alkyl halides is 5. The van der Waals surface area contributed by atoms with Crippen molar-refractivity contribution < 1.29 is 36.0 Å². The molecule has 0 radical (unpaired) electrons. The Kier molecular flexibility index (Phi) is 7.67. The van der Waals surface area contributed by atoms with Crippen molar-refractivity contribution in [2.75, 3.05) is 6.61 Å². The van der Waals surface area contributed by atoms with E-state index >= 15 is 0 Å². The van der Waals surface area contributed by atoms with Crippen LogP contribution in [0.3, 0.4) is 0 Å². The van der Waals surface area contributed by atoms with Gasteiger partial charge in [0.05, 0.1) is 34.4 Å². The monoisotopic (exact) mass is 471 g/mol. The number of nitrogens with one attached hydrogen (secondary N) is 1. The second-order valence-corrected chi connectivity index (χ2v) is 8.06. The van der Waals surface area contributed by atoms with Crippen LogP contribution in [0.15, 0.2) is 47.4 Å². The molecule has 0 saturated carbocycles. The summed E-state index contributed by atoms with van der Waals surface area (Å²) < 4.78 is 80.5. The van der Waals surface area contributed by atoms with Gasteiger partial charge in [-0.2, -0.15) is 10.5 Å². The average Bonchev–Trinajstić information content (AvgIpc) is 2.76. The molecule has 0 aliphatic heterocycles. The number of amides is 1. The lowest BCUT2D eigenvalue weighted by Gasteiger charge is -2.24. The van der Waals surface area contributed by atoms with Gasteiger partial charge in [0.15, 0.2) is 10.4 Å². The van der Waals surface area contributed by atoms with Gasteiger partial charge in [-0.25, -0.2) is 8.78 Å². The van der Waals surface area contributed by atoms with Crippen LogP contribution in [0.1, 0.15) is 34.8 Å². The van der Waals surface area contributed by atoms with Crippen molar-refractivity contribution >= 4 is 17.1 Å². The summed E-state index contributed by atoms with van der Waals surface area (Å²) in [5.41, 5.74) is -7.27. The smallest absolute Gasteiger partial charge is 0.578 e. The molecule has 1 amide bonds. The van der Waals surface area contributed by atoms with Crippen molar-refractivity contribution in [2.45, 2.75) is 29.3 Å². The summed E-state index contributed by atoms with van der Waals surface area (Å²) in [6, 6.07) is 10.5. The van der Waals surface area contributed by atoms with E-state index in [4.69, 9.17) is 10.00 Å². The molecule has 1 N–H and O–H groups in total. The minimum atomic E-state index is -4.96. The molecule has 0 aliphatic rings. The number of nitrogens with zero attached hydrogens (tertiary/aromatic N) is 2. The van der Waals surface area contributed by atoms with E-state index in [1.165, 1.54) is 13.0 Å². The maximum atomic E-state index is 13.2. The van der Waals surface area contributed by atoms with Gasteiger partial charge >= 0.3 is 5.51 Å². The number of rotatable bonds is 7. The second kappa shape index (κ2) is 9.85. The van der Waals surface area contributed by atoms with Crippen LogP contribution in [0.2, 0.25) is 0 Å². The van der Waals surface area contributed by atoms with Gasteiger partial charge in [-0.05, 0) is 49.4 Å². The third-order valence-corrected chi connectivity index (χ3v) is 5.19. The predicted octanol–water partition coefficient (Wildman–Crippen LogP) is 4.21. The molecule has 6 nitrogen and oxygen atoms in total. The van der Waals surface area contributed by atoms with E-state index in [0.717, 1.165) is 36.4 Å². The van der Waals surface area contributed by atoms with Gasteiger partial charge in [-0.3, -0.25) is 4.79 Å². The number of hydrogen-bond donors (Lipinski definition) is 1. The third-order valence-electron chi connectivity index (χ3n) is 4.07. The summed E-state index contributed by atoms with van der Waals surface area (Å²) in [7, 11) is 0. The molecule has 0 saturated heterocycles. The van der Waals surface area contributed by atoms with E-state index in [1.807, 2.05) is 0 Å². The molecule has 0 fully saturated rings. The summed E-state index contributed by atoms with van der Waals surface area (Å²) in [6.07, 6.45) is -2.92. The van der Waals surface area contributed by atoms with E-state index < -0.39 is 51.6 Å². The molecule has 12 heteroatoms. The second-order valence-electron chi connectivity index (χ2n) is 6.59. The molecule has 168 valence electrons. The standard InChI is InChI=1S/C20H14F5N3O3S/c1-19(10-27,11-31-16-8-12(9-26)2-7-15(16)17(21)22)28-18(29)13-3-5-14(6-4-13)32(30)20(23,24)25/h2-8,17H,11H2,1H3,(H,28,29). The predicted molar refractivity (Wildman–Crippen MR) is 102 cm³/mol. The first-order valence-electron chi connectivity index (χ1n) is 8.67. The van der Waals surface area contributed by atoms with Crippen LogP contribution in [-0.2, 0) is 11.2 Å². The Morgan fingerprint density at radius 1 is 1.19 bits per heavy atom. The van der Waals surface area contributed by atoms with Gasteiger partial charge in [-0.1, -0.05) is 0 Å². The molecule has 0 aliphatic carbocycles. The first kappa shape index (κ1) is 24.9. The molecular formula is C20H14F5N3O3S. The maximum Gasteiger partial charge on any atom is 0.578 e. The quantitative estimate of drug-likeness (QED) is 0.481. The van der Waals surface area contributed by atoms with Crippen molar-refractivity contribution in [3.05, 3.63) is 59.2 Å². The Morgan fingerprint density at radius 3 is 2.31 bits per heavy atom. The Bertz CT molecular complexity index is 1060. The summed E-state index contributed by atoms with van der Waals surface area (Å²) in [4.78, 5) is 11.8. The molecule has 2 rings (SSSR count). The van der Waals surface area contributed by atoms with Crippen molar-refractivity contribution in [1.29, 1.82) is 10.5 Å². The summed E-state index contributed by atoms with van der Waals surface area (Å²) in [5, 5.41) is 20.7. The molecule has 0 bridgehead atoms. The highest BCUT2D eigenvalue weighted by Crippen LogP contribution is 2.31. The number of carbonyl (C=O) groups excluding carboxylic acids is 1. The van der Waals surface area contributed by atoms with Crippen molar-refractivity contribution in [3.63, 3.8) is 0 Å². The number of benzene rings is 2. The SMILES string of the molecule is CC(C#N)(COc1cc(C#N)ccc1C(F)F)NC(=O)c1ccc([S+]([O-])C(F)(F)F)cc1. The van der Waals surface area contributed by atoms with Gasteiger partial charge in [0.1, 0.15) is 12.4 Å². The topological polar surface area (TPSA) is 109 Å². The van der Waals surface area contributed by atoms with Crippen LogP contribution in [0.4, 0.5) is 22.0 Å². The fraction of sp³-hybridized carbons (Fsp3) is 0.250. The van der Waals surface area contributed by atoms with E-state index in [-0.39, 0.29) is 16.9 Å². The first-order chi connectivity index (χ1) is 14.9. The fourth-order valence-corrected chi connectivity index (χ4v) is 3.06. The Balaban J connectivity index is 2.15. The van der Waals surface area contributed by atoms with Crippen LogP contribution in [0, 0.1) is 22.7 Å². The van der Waals surface area contributed by atoms with Gasteiger partial charge in [0, 0.05) is 5.56 Å². The third kappa shape index (κ3) is 6.09.